The molecule has 1 amide bonds. The number of hydrogen-bond donors (Lipinski definition) is 2. The number of furan rings is 1. The zero-order valence-corrected chi connectivity index (χ0v) is 16.4. The van der Waals surface area contributed by atoms with Gasteiger partial charge in [0.1, 0.15) is 18.1 Å². The lowest BCUT2D eigenvalue weighted by Crippen LogP contribution is -2.21. The van der Waals surface area contributed by atoms with Crippen LogP contribution in [-0.4, -0.2) is 26.9 Å². The summed E-state index contributed by atoms with van der Waals surface area (Å²) in [5.41, 5.74) is 0.321. The van der Waals surface area contributed by atoms with Crippen LogP contribution in [0.2, 0.25) is 0 Å². The van der Waals surface area contributed by atoms with Crippen molar-refractivity contribution in [2.24, 2.45) is 5.14 Å². The summed E-state index contributed by atoms with van der Waals surface area (Å²) >= 11 is 0. The highest BCUT2D eigenvalue weighted by atomic mass is 32.2. The highest BCUT2D eigenvalue weighted by Gasteiger charge is 2.15. The molecule has 0 spiro atoms. The van der Waals surface area contributed by atoms with Gasteiger partial charge in [0, 0.05) is 5.69 Å². The minimum absolute atomic E-state index is 0.0630. The molecule has 0 atom stereocenters. The summed E-state index contributed by atoms with van der Waals surface area (Å²) < 4.78 is 38.2. The van der Waals surface area contributed by atoms with Crippen molar-refractivity contribution in [2.45, 2.75) is 11.5 Å². The summed E-state index contributed by atoms with van der Waals surface area (Å²) in [6, 6.07) is 17.3. The Kier molecular flexibility index (Phi) is 6.50. The van der Waals surface area contributed by atoms with Gasteiger partial charge in [-0.2, -0.15) is 0 Å². The van der Waals surface area contributed by atoms with Crippen LogP contribution in [0.5, 0.6) is 5.75 Å². The average molecular weight is 430 g/mol. The number of carbonyl (C=O) groups is 2. The summed E-state index contributed by atoms with van der Waals surface area (Å²) in [5.74, 6) is -0.393. The second-order valence-electron chi connectivity index (χ2n) is 6.06. The topological polar surface area (TPSA) is 138 Å². The van der Waals surface area contributed by atoms with Crippen LogP contribution in [0.1, 0.15) is 16.3 Å². The number of sulfonamides is 1. The van der Waals surface area contributed by atoms with Crippen molar-refractivity contribution < 1.29 is 31.9 Å². The molecule has 3 rings (SSSR count). The molecule has 3 N–H and O–H groups in total. The van der Waals surface area contributed by atoms with Gasteiger partial charge in [0.15, 0.2) is 6.61 Å². The molecule has 0 aliphatic rings. The fraction of sp³-hybridized carbons (Fsp3) is 0.100. The Morgan fingerprint density at radius 2 is 1.67 bits per heavy atom. The normalized spacial score (nSPS) is 11.0. The van der Waals surface area contributed by atoms with Crippen molar-refractivity contribution in [3.05, 3.63) is 78.3 Å². The number of amides is 1. The van der Waals surface area contributed by atoms with Crippen molar-refractivity contribution in [2.75, 3.05) is 11.9 Å². The Morgan fingerprint density at radius 1 is 0.967 bits per heavy atom. The molecule has 0 radical (unpaired) electrons. The van der Waals surface area contributed by atoms with Gasteiger partial charge in [-0.1, -0.05) is 18.2 Å². The third-order valence-corrected chi connectivity index (χ3v) is 4.72. The first kappa shape index (κ1) is 21.1. The quantitative estimate of drug-likeness (QED) is 0.523. The van der Waals surface area contributed by atoms with E-state index in [1.165, 1.54) is 30.3 Å². The van der Waals surface area contributed by atoms with Crippen molar-refractivity contribution in [1.29, 1.82) is 0 Å². The molecule has 0 aliphatic carbocycles. The molecule has 10 heteroatoms. The van der Waals surface area contributed by atoms with Crippen LogP contribution in [0.15, 0.2) is 76.0 Å². The molecule has 0 saturated carbocycles. The van der Waals surface area contributed by atoms with Crippen molar-refractivity contribution in [3.63, 3.8) is 0 Å². The second kappa shape index (κ2) is 9.25. The highest BCUT2D eigenvalue weighted by molar-refractivity contribution is 7.89. The minimum atomic E-state index is -3.82. The number of primary sulfonamides is 1. The Labute approximate surface area is 172 Å². The average Bonchev–Trinajstić information content (AvgIpc) is 3.20. The maximum Gasteiger partial charge on any atom is 0.374 e. The molecule has 30 heavy (non-hydrogen) atoms. The predicted octanol–water partition coefficient (Wildman–Crippen LogP) is 2.30. The molecule has 1 heterocycles. The SMILES string of the molecule is NS(=O)(=O)c1ccc(NC(=O)COC(=O)c2ccc(COc3ccccc3)o2)cc1. The molecule has 1 aromatic heterocycles. The first-order chi connectivity index (χ1) is 14.3. The molecule has 0 unspecified atom stereocenters. The third-order valence-electron chi connectivity index (χ3n) is 3.79. The van der Waals surface area contributed by atoms with Gasteiger partial charge in [0.2, 0.25) is 15.8 Å². The highest BCUT2D eigenvalue weighted by Crippen LogP contribution is 2.15. The van der Waals surface area contributed by atoms with Gasteiger partial charge in [-0.05, 0) is 48.5 Å². The molecular weight excluding hydrogens is 412 g/mol. The molecule has 3 aromatic rings. The summed E-state index contributed by atoms with van der Waals surface area (Å²) in [5, 5.41) is 7.47. The van der Waals surface area contributed by atoms with E-state index in [2.05, 4.69) is 5.32 Å². The fourth-order valence-corrected chi connectivity index (χ4v) is 2.88. The maximum atomic E-state index is 12.0. The lowest BCUT2D eigenvalue weighted by atomic mass is 10.3. The van der Waals surface area contributed by atoms with E-state index in [4.69, 9.17) is 19.0 Å². The van der Waals surface area contributed by atoms with Crippen LogP contribution in [0.25, 0.3) is 0 Å². The van der Waals surface area contributed by atoms with Gasteiger partial charge in [-0.25, -0.2) is 18.4 Å². The molecule has 0 fully saturated rings. The molecule has 9 nitrogen and oxygen atoms in total. The van der Waals surface area contributed by atoms with Crippen molar-refractivity contribution in [1.82, 2.24) is 0 Å². The first-order valence-corrected chi connectivity index (χ1v) is 10.2. The lowest BCUT2D eigenvalue weighted by Gasteiger charge is -2.06. The number of hydrogen-bond acceptors (Lipinski definition) is 7. The molecular formula is C20H18N2O7S. The molecule has 0 bridgehead atoms. The van der Waals surface area contributed by atoms with Gasteiger partial charge in [-0.15, -0.1) is 0 Å². The van der Waals surface area contributed by atoms with Gasteiger partial charge < -0.3 is 19.2 Å². The van der Waals surface area contributed by atoms with Crippen LogP contribution in [-0.2, 0) is 26.2 Å². The number of benzene rings is 2. The number of carbonyl (C=O) groups excluding carboxylic acids is 2. The van der Waals surface area contributed by atoms with E-state index in [1.54, 1.807) is 18.2 Å². The Hall–Kier alpha value is -3.63. The largest absolute Gasteiger partial charge is 0.486 e. The van der Waals surface area contributed by atoms with E-state index >= 15 is 0 Å². The van der Waals surface area contributed by atoms with Gasteiger partial charge in [0.05, 0.1) is 4.90 Å². The predicted molar refractivity (Wildman–Crippen MR) is 106 cm³/mol. The Morgan fingerprint density at radius 3 is 2.33 bits per heavy atom. The maximum absolute atomic E-state index is 12.0. The van der Waals surface area contributed by atoms with Crippen LogP contribution < -0.4 is 15.2 Å². The Bertz CT molecular complexity index is 1120. The lowest BCUT2D eigenvalue weighted by molar-refractivity contribution is -0.119. The first-order valence-electron chi connectivity index (χ1n) is 8.68. The second-order valence-corrected chi connectivity index (χ2v) is 7.62. The number of ether oxygens (including phenoxy) is 2. The zero-order valence-electron chi connectivity index (χ0n) is 15.6. The number of rotatable bonds is 8. The molecule has 0 aliphatic heterocycles. The van der Waals surface area contributed by atoms with Crippen molar-refractivity contribution >= 4 is 27.6 Å². The van der Waals surface area contributed by atoms with Crippen LogP contribution >= 0.6 is 0 Å². The van der Waals surface area contributed by atoms with E-state index in [0.29, 0.717) is 17.2 Å². The smallest absolute Gasteiger partial charge is 0.374 e. The van der Waals surface area contributed by atoms with Crippen molar-refractivity contribution in [3.8, 4) is 5.75 Å². The van der Waals surface area contributed by atoms with Crippen LogP contribution in [0.3, 0.4) is 0 Å². The van der Waals surface area contributed by atoms with Gasteiger partial charge in [-0.3, -0.25) is 4.79 Å². The van der Waals surface area contributed by atoms with E-state index in [1.807, 2.05) is 18.2 Å². The van der Waals surface area contributed by atoms with E-state index < -0.39 is 28.5 Å². The monoisotopic (exact) mass is 430 g/mol. The number of esters is 1. The summed E-state index contributed by atoms with van der Waals surface area (Å²) in [7, 11) is -3.82. The standard InChI is InChI=1S/C20H18N2O7S/c21-30(25,26)17-9-6-14(7-10-17)22-19(23)13-28-20(24)18-11-8-16(29-18)12-27-15-4-2-1-3-5-15/h1-11H,12-13H2,(H,22,23)(H2,21,25,26). The van der Waals surface area contributed by atoms with Crippen LogP contribution in [0.4, 0.5) is 5.69 Å². The molecule has 156 valence electrons. The summed E-state index contributed by atoms with van der Waals surface area (Å²) in [6.07, 6.45) is 0. The number of anilines is 1. The fourth-order valence-electron chi connectivity index (χ4n) is 2.36. The molecule has 0 saturated heterocycles. The minimum Gasteiger partial charge on any atom is -0.486 e. The Balaban J connectivity index is 1.47. The molecule has 2 aromatic carbocycles. The third kappa shape index (κ3) is 5.93. The van der Waals surface area contributed by atoms with E-state index in [0.717, 1.165) is 0 Å². The zero-order chi connectivity index (χ0) is 21.6. The number of nitrogens with two attached hydrogens (primary N) is 1. The number of para-hydroxylation sites is 1. The van der Waals surface area contributed by atoms with Crippen LogP contribution in [0, 0.1) is 0 Å². The summed E-state index contributed by atoms with van der Waals surface area (Å²) in [6.45, 7) is -0.418. The number of nitrogens with one attached hydrogen (secondary N) is 1. The van der Waals surface area contributed by atoms with E-state index in [-0.39, 0.29) is 17.3 Å². The van der Waals surface area contributed by atoms with Gasteiger partial charge >= 0.3 is 5.97 Å². The summed E-state index contributed by atoms with van der Waals surface area (Å²) in [4.78, 5) is 23.9. The van der Waals surface area contributed by atoms with Gasteiger partial charge in [0.25, 0.3) is 5.91 Å². The van der Waals surface area contributed by atoms with E-state index in [9.17, 15) is 18.0 Å².